The second-order valence-electron chi connectivity index (χ2n) is 7.75. The Morgan fingerprint density at radius 2 is 2.03 bits per heavy atom. The predicted molar refractivity (Wildman–Crippen MR) is 112 cm³/mol. The normalized spacial score (nSPS) is 23.6. The molecule has 5 rings (SSSR count). The zero-order valence-corrected chi connectivity index (χ0v) is 17.3. The van der Waals surface area contributed by atoms with E-state index < -0.39 is 10.7 Å². The van der Waals surface area contributed by atoms with Crippen molar-refractivity contribution in [1.29, 1.82) is 0 Å². The largest absolute Gasteiger partial charge is 0.315 e. The molecule has 2 amide bonds. The van der Waals surface area contributed by atoms with Gasteiger partial charge in [-0.25, -0.2) is 4.39 Å². The van der Waals surface area contributed by atoms with E-state index in [1.165, 1.54) is 23.9 Å². The zero-order valence-electron chi connectivity index (χ0n) is 15.7. The number of amides is 2. The zero-order chi connectivity index (χ0) is 20.2. The van der Waals surface area contributed by atoms with Gasteiger partial charge >= 0.3 is 0 Å². The van der Waals surface area contributed by atoms with Crippen LogP contribution in [0.1, 0.15) is 30.4 Å². The fourth-order valence-electron chi connectivity index (χ4n) is 4.44. The average molecular weight is 431 g/mol. The first kappa shape index (κ1) is 18.9. The molecule has 1 spiro atoms. The summed E-state index contributed by atoms with van der Waals surface area (Å²) in [5.74, 6) is 0.0600. The number of carbonyl (C=O) groups excluding carboxylic acids is 2. The molecule has 0 unspecified atom stereocenters. The molecule has 0 radical (unpaired) electrons. The van der Waals surface area contributed by atoms with Gasteiger partial charge in [0.05, 0.1) is 12.2 Å². The lowest BCUT2D eigenvalue weighted by atomic mass is 9.84. The van der Waals surface area contributed by atoms with Gasteiger partial charge in [-0.2, -0.15) is 0 Å². The van der Waals surface area contributed by atoms with Crippen LogP contribution >= 0.6 is 23.4 Å². The van der Waals surface area contributed by atoms with Gasteiger partial charge in [0.1, 0.15) is 5.82 Å². The highest BCUT2D eigenvalue weighted by Crippen LogP contribution is 2.55. The van der Waals surface area contributed by atoms with Crippen LogP contribution in [0.5, 0.6) is 0 Å². The molecule has 7 heteroatoms. The summed E-state index contributed by atoms with van der Waals surface area (Å²) in [6.45, 7) is 0.784. The topological polar surface area (TPSA) is 40.6 Å². The third-order valence-corrected chi connectivity index (χ3v) is 7.95. The number of hydrogen-bond donors (Lipinski definition) is 0. The Morgan fingerprint density at radius 3 is 2.76 bits per heavy atom. The van der Waals surface area contributed by atoms with Crippen molar-refractivity contribution in [3.05, 3.63) is 64.4 Å². The molecule has 1 saturated heterocycles. The van der Waals surface area contributed by atoms with E-state index in [1.807, 2.05) is 18.2 Å². The number of hydrogen-bond acceptors (Lipinski definition) is 3. The maximum Gasteiger partial charge on any atom is 0.268 e. The van der Waals surface area contributed by atoms with Crippen LogP contribution in [0.25, 0.3) is 0 Å². The van der Waals surface area contributed by atoms with Crippen LogP contribution < -0.4 is 4.90 Å². The first-order valence-corrected chi connectivity index (χ1v) is 11.2. The van der Waals surface area contributed by atoms with Crippen LogP contribution in [0.15, 0.2) is 42.5 Å². The van der Waals surface area contributed by atoms with Crippen molar-refractivity contribution in [2.24, 2.45) is 5.92 Å². The second kappa shape index (κ2) is 7.03. The molecule has 2 heterocycles. The smallest absolute Gasteiger partial charge is 0.268 e. The van der Waals surface area contributed by atoms with Gasteiger partial charge in [-0.05, 0) is 42.7 Å². The van der Waals surface area contributed by atoms with Gasteiger partial charge in [-0.15, -0.1) is 11.8 Å². The summed E-state index contributed by atoms with van der Waals surface area (Å²) in [7, 11) is 0. The molecule has 4 nitrogen and oxygen atoms in total. The Kier molecular flexibility index (Phi) is 4.59. The van der Waals surface area contributed by atoms with Crippen LogP contribution in [0.2, 0.25) is 5.02 Å². The van der Waals surface area contributed by atoms with E-state index in [0.29, 0.717) is 28.6 Å². The molecule has 1 atom stereocenters. The second-order valence-corrected chi connectivity index (χ2v) is 9.45. The van der Waals surface area contributed by atoms with Gasteiger partial charge < -0.3 is 9.80 Å². The molecule has 2 aliphatic heterocycles. The van der Waals surface area contributed by atoms with E-state index in [0.717, 1.165) is 24.8 Å². The molecule has 0 N–H and O–H groups in total. The Bertz CT molecular complexity index is 1010. The summed E-state index contributed by atoms with van der Waals surface area (Å²) in [6.07, 6.45) is 2.77. The van der Waals surface area contributed by atoms with Gasteiger partial charge in [0, 0.05) is 28.8 Å². The van der Waals surface area contributed by atoms with E-state index in [1.54, 1.807) is 21.9 Å². The summed E-state index contributed by atoms with van der Waals surface area (Å²) in [4.78, 5) is 29.2. The average Bonchev–Trinajstić information content (AvgIpc) is 3.19. The van der Waals surface area contributed by atoms with E-state index in [9.17, 15) is 14.0 Å². The number of thioether (sulfide) groups is 1. The predicted octanol–water partition coefficient (Wildman–Crippen LogP) is 4.55. The van der Waals surface area contributed by atoms with E-state index in [2.05, 4.69) is 0 Å². The standard InChI is InChI=1S/C22H20ClFN2O2S/c23-18-7-2-1-4-15(18)13-25-19-9-8-16(24)12-17(19)22(21(25)28)26(10-11-29-22)20(27)14-5-3-6-14/h1-2,4,7-9,12,14H,3,5-6,10-11,13H2/t22-/m1/s1. The fraction of sp³-hybridized carbons (Fsp3) is 0.364. The SMILES string of the molecule is O=C(C1CCC1)N1CCS[C@]12C(=O)N(Cc1ccccc1Cl)c1ccc(F)cc12. The van der Waals surface area contributed by atoms with Crippen molar-refractivity contribution in [2.75, 3.05) is 17.2 Å². The third kappa shape index (κ3) is 2.80. The van der Waals surface area contributed by atoms with Crippen LogP contribution in [0, 0.1) is 11.7 Å². The maximum atomic E-state index is 14.2. The molecule has 0 bridgehead atoms. The number of benzene rings is 2. The van der Waals surface area contributed by atoms with Crippen molar-refractivity contribution < 1.29 is 14.0 Å². The lowest BCUT2D eigenvalue weighted by molar-refractivity contribution is -0.145. The number of carbonyl (C=O) groups is 2. The summed E-state index contributed by atoms with van der Waals surface area (Å²) in [5.41, 5.74) is 2.04. The first-order chi connectivity index (χ1) is 14.0. The fourth-order valence-corrected chi connectivity index (χ4v) is 6.09. The number of halogens is 2. The van der Waals surface area contributed by atoms with Gasteiger partial charge in [-0.1, -0.05) is 36.2 Å². The van der Waals surface area contributed by atoms with Crippen LogP contribution in [-0.4, -0.2) is 29.0 Å². The van der Waals surface area contributed by atoms with E-state index in [-0.39, 0.29) is 24.3 Å². The monoisotopic (exact) mass is 430 g/mol. The van der Waals surface area contributed by atoms with Crippen molar-refractivity contribution in [1.82, 2.24) is 4.90 Å². The van der Waals surface area contributed by atoms with Gasteiger partial charge in [0.2, 0.25) is 5.91 Å². The molecule has 29 heavy (non-hydrogen) atoms. The maximum absolute atomic E-state index is 14.2. The van der Waals surface area contributed by atoms with E-state index >= 15 is 0 Å². The van der Waals surface area contributed by atoms with Crippen molar-refractivity contribution in [2.45, 2.75) is 30.7 Å². The van der Waals surface area contributed by atoms with Gasteiger partial charge in [0.25, 0.3) is 5.91 Å². The molecule has 2 aromatic carbocycles. The third-order valence-electron chi connectivity index (χ3n) is 6.16. The Labute approximate surface area is 178 Å². The quantitative estimate of drug-likeness (QED) is 0.717. The molecular formula is C22H20ClFN2O2S. The highest BCUT2D eigenvalue weighted by molar-refractivity contribution is 8.01. The summed E-state index contributed by atoms with van der Waals surface area (Å²) >= 11 is 7.77. The van der Waals surface area contributed by atoms with E-state index in [4.69, 9.17) is 11.6 Å². The molecule has 1 aliphatic carbocycles. The number of rotatable bonds is 3. The molecule has 0 aromatic heterocycles. The molecule has 2 fully saturated rings. The lowest BCUT2D eigenvalue weighted by Crippen LogP contribution is -2.52. The molecule has 150 valence electrons. The number of nitrogens with zero attached hydrogens (tertiary/aromatic N) is 2. The van der Waals surface area contributed by atoms with Crippen molar-refractivity contribution in [3.63, 3.8) is 0 Å². The first-order valence-electron chi connectivity index (χ1n) is 9.83. The minimum absolute atomic E-state index is 0.0180. The summed E-state index contributed by atoms with van der Waals surface area (Å²) < 4.78 is 14.2. The van der Waals surface area contributed by atoms with Gasteiger partial charge in [-0.3, -0.25) is 9.59 Å². The van der Waals surface area contributed by atoms with Crippen LogP contribution in [0.3, 0.4) is 0 Å². The Balaban J connectivity index is 1.60. The highest BCUT2D eigenvalue weighted by Gasteiger charge is 2.60. The molecule has 2 aromatic rings. The molecular weight excluding hydrogens is 411 g/mol. The van der Waals surface area contributed by atoms with Crippen LogP contribution in [-0.2, 0) is 21.0 Å². The van der Waals surface area contributed by atoms with Crippen LogP contribution in [0.4, 0.5) is 10.1 Å². The molecule has 3 aliphatic rings. The van der Waals surface area contributed by atoms with Gasteiger partial charge in [0.15, 0.2) is 4.87 Å². The highest BCUT2D eigenvalue weighted by atomic mass is 35.5. The van der Waals surface area contributed by atoms with Crippen molar-refractivity contribution in [3.8, 4) is 0 Å². The number of anilines is 1. The summed E-state index contributed by atoms with van der Waals surface area (Å²) in [6, 6.07) is 11.8. The van der Waals surface area contributed by atoms with Crippen molar-refractivity contribution >= 4 is 40.9 Å². The molecule has 1 saturated carbocycles. The summed E-state index contributed by atoms with van der Waals surface area (Å²) in [5, 5.41) is 0.575. The minimum atomic E-state index is -1.18. The number of fused-ring (bicyclic) bond motifs is 2. The Morgan fingerprint density at radius 1 is 1.24 bits per heavy atom. The Hall–Kier alpha value is -2.05. The lowest BCUT2D eigenvalue weighted by Gasteiger charge is -2.37. The minimum Gasteiger partial charge on any atom is -0.315 e.